The molecule has 21 heavy (non-hydrogen) atoms. The first kappa shape index (κ1) is 19.3. The van der Waals surface area contributed by atoms with E-state index >= 15 is 0 Å². The van der Waals surface area contributed by atoms with Crippen LogP contribution in [0.2, 0.25) is 0 Å². The zero-order valence-electron chi connectivity index (χ0n) is 13.8. The van der Waals surface area contributed by atoms with Crippen LogP contribution in [-0.4, -0.2) is 37.1 Å². The average molecular weight is 301 g/mol. The lowest BCUT2D eigenvalue weighted by Crippen LogP contribution is -2.47. The predicted molar refractivity (Wildman–Crippen MR) is 80.1 cm³/mol. The summed E-state index contributed by atoms with van der Waals surface area (Å²) >= 11 is 0. The van der Waals surface area contributed by atoms with Crippen molar-refractivity contribution >= 4 is 12.2 Å². The van der Waals surface area contributed by atoms with E-state index in [4.69, 9.17) is 9.47 Å². The minimum absolute atomic E-state index is 0.286. The Morgan fingerprint density at radius 1 is 1.29 bits per heavy atom. The maximum Gasteiger partial charge on any atom is 0.508 e. The molecular formula is C15H27NO5. The van der Waals surface area contributed by atoms with Crippen LogP contribution in [0.15, 0.2) is 12.7 Å². The van der Waals surface area contributed by atoms with Crippen LogP contribution in [0.25, 0.3) is 0 Å². The topological polar surface area (TPSA) is 73.9 Å². The van der Waals surface area contributed by atoms with Gasteiger partial charge in [-0.2, -0.15) is 0 Å². The fourth-order valence-electron chi connectivity index (χ4n) is 1.70. The normalized spacial score (nSPS) is 14.0. The van der Waals surface area contributed by atoms with Gasteiger partial charge in [0.1, 0.15) is 11.7 Å². The highest BCUT2D eigenvalue weighted by molar-refractivity contribution is 5.68. The van der Waals surface area contributed by atoms with Crippen molar-refractivity contribution in [2.24, 2.45) is 5.92 Å². The van der Waals surface area contributed by atoms with Crippen molar-refractivity contribution in [3.63, 3.8) is 0 Å². The van der Waals surface area contributed by atoms with E-state index in [0.29, 0.717) is 6.42 Å². The van der Waals surface area contributed by atoms with Gasteiger partial charge in [0.2, 0.25) is 0 Å². The first-order valence-corrected chi connectivity index (χ1v) is 6.95. The average Bonchev–Trinajstić information content (AvgIpc) is 2.31. The van der Waals surface area contributed by atoms with E-state index in [9.17, 15) is 9.59 Å². The van der Waals surface area contributed by atoms with Crippen molar-refractivity contribution in [2.75, 3.05) is 7.11 Å². The number of hydrogen-bond acceptors (Lipinski definition) is 5. The number of rotatable bonds is 6. The maximum atomic E-state index is 11.9. The molecule has 0 unspecified atom stereocenters. The molecule has 0 heterocycles. The van der Waals surface area contributed by atoms with Gasteiger partial charge in [0, 0.05) is 0 Å². The molecule has 0 aromatic carbocycles. The molecule has 122 valence electrons. The van der Waals surface area contributed by atoms with Gasteiger partial charge in [0.15, 0.2) is 0 Å². The number of alkyl carbamates (subject to hydrolysis) is 1. The van der Waals surface area contributed by atoms with Gasteiger partial charge in [-0.25, -0.2) is 9.59 Å². The molecule has 0 aromatic rings. The Bertz CT molecular complexity index is 360. The van der Waals surface area contributed by atoms with Gasteiger partial charge in [-0.1, -0.05) is 20.4 Å². The van der Waals surface area contributed by atoms with E-state index in [-0.39, 0.29) is 5.92 Å². The molecule has 0 radical (unpaired) electrons. The minimum Gasteiger partial charge on any atom is -0.444 e. The second-order valence-corrected chi connectivity index (χ2v) is 6.15. The van der Waals surface area contributed by atoms with Crippen molar-refractivity contribution < 1.29 is 23.8 Å². The second-order valence-electron chi connectivity index (χ2n) is 6.15. The van der Waals surface area contributed by atoms with E-state index in [1.54, 1.807) is 20.8 Å². The lowest BCUT2D eigenvalue weighted by atomic mass is 9.99. The van der Waals surface area contributed by atoms with Gasteiger partial charge < -0.3 is 19.5 Å². The van der Waals surface area contributed by atoms with Gasteiger partial charge >= 0.3 is 12.2 Å². The van der Waals surface area contributed by atoms with Crippen LogP contribution < -0.4 is 5.32 Å². The molecule has 0 aromatic heterocycles. The Morgan fingerprint density at radius 2 is 1.86 bits per heavy atom. The van der Waals surface area contributed by atoms with Gasteiger partial charge in [-0.3, -0.25) is 0 Å². The molecule has 6 nitrogen and oxygen atoms in total. The van der Waals surface area contributed by atoms with E-state index in [1.807, 2.05) is 13.8 Å². The highest BCUT2D eigenvalue weighted by Crippen LogP contribution is 2.14. The second kappa shape index (κ2) is 8.54. The molecule has 0 saturated heterocycles. The molecule has 1 amide bonds. The summed E-state index contributed by atoms with van der Waals surface area (Å²) in [5.41, 5.74) is -0.598. The summed E-state index contributed by atoms with van der Waals surface area (Å²) < 4.78 is 14.8. The largest absolute Gasteiger partial charge is 0.508 e. The van der Waals surface area contributed by atoms with Crippen molar-refractivity contribution in [3.05, 3.63) is 12.7 Å². The third-order valence-electron chi connectivity index (χ3n) is 2.46. The summed E-state index contributed by atoms with van der Waals surface area (Å²) in [7, 11) is 1.22. The Morgan fingerprint density at radius 3 is 2.24 bits per heavy atom. The standard InChI is InChI=1S/C15H27NO5/c1-8-12(20-14(18)19-7)11(9-10(2)3)16-13(17)21-15(4,5)6/h8,10-12H,1,9H2,2-7H3,(H,16,17)/t11-,12+/m1/s1. The number of ether oxygens (including phenoxy) is 3. The number of nitrogens with one attached hydrogen (secondary N) is 1. The molecule has 0 fully saturated rings. The Hall–Kier alpha value is -1.72. The van der Waals surface area contributed by atoms with Crippen LogP contribution in [0.5, 0.6) is 0 Å². The lowest BCUT2D eigenvalue weighted by molar-refractivity contribution is 0.0246. The molecule has 0 aliphatic rings. The van der Waals surface area contributed by atoms with E-state index in [2.05, 4.69) is 16.6 Å². The van der Waals surface area contributed by atoms with Gasteiger partial charge in [0.05, 0.1) is 13.2 Å². The van der Waals surface area contributed by atoms with Crippen LogP contribution in [-0.2, 0) is 14.2 Å². The molecule has 6 heteroatoms. The van der Waals surface area contributed by atoms with Crippen LogP contribution in [0, 0.1) is 5.92 Å². The Balaban J connectivity index is 4.87. The molecular weight excluding hydrogens is 274 g/mol. The summed E-state index contributed by atoms with van der Waals surface area (Å²) in [6.07, 6.45) is -0.00525. The van der Waals surface area contributed by atoms with Gasteiger partial charge in [-0.15, -0.1) is 0 Å². The predicted octanol–water partition coefficient (Wildman–Crippen LogP) is 3.26. The number of carbonyl (C=O) groups excluding carboxylic acids is 2. The monoisotopic (exact) mass is 301 g/mol. The summed E-state index contributed by atoms with van der Waals surface area (Å²) in [6.45, 7) is 13.0. The third-order valence-corrected chi connectivity index (χ3v) is 2.46. The summed E-state index contributed by atoms with van der Waals surface area (Å²) in [5.74, 6) is 0.286. The maximum absolute atomic E-state index is 11.9. The summed E-state index contributed by atoms with van der Waals surface area (Å²) in [6, 6.07) is -0.434. The van der Waals surface area contributed by atoms with Crippen molar-refractivity contribution in [2.45, 2.75) is 58.8 Å². The molecule has 0 aliphatic carbocycles. The van der Waals surface area contributed by atoms with Crippen molar-refractivity contribution in [1.29, 1.82) is 0 Å². The van der Waals surface area contributed by atoms with Crippen molar-refractivity contribution in [1.82, 2.24) is 5.32 Å². The zero-order valence-corrected chi connectivity index (χ0v) is 13.8. The molecule has 2 atom stereocenters. The molecule has 0 aliphatic heterocycles. The van der Waals surface area contributed by atoms with Crippen LogP contribution in [0.1, 0.15) is 41.0 Å². The zero-order chi connectivity index (χ0) is 16.6. The molecule has 0 rings (SSSR count). The quantitative estimate of drug-likeness (QED) is 0.602. The number of methoxy groups -OCH3 is 1. The molecule has 0 bridgehead atoms. The Kier molecular flexibility index (Phi) is 7.84. The number of hydrogen-bond donors (Lipinski definition) is 1. The van der Waals surface area contributed by atoms with Crippen LogP contribution in [0.3, 0.4) is 0 Å². The molecule has 1 N–H and O–H groups in total. The minimum atomic E-state index is -0.820. The van der Waals surface area contributed by atoms with Crippen molar-refractivity contribution in [3.8, 4) is 0 Å². The fraction of sp³-hybridized carbons (Fsp3) is 0.733. The first-order valence-electron chi connectivity index (χ1n) is 6.95. The highest BCUT2D eigenvalue weighted by Gasteiger charge is 2.27. The Labute approximate surface area is 126 Å². The van der Waals surface area contributed by atoms with Crippen LogP contribution in [0.4, 0.5) is 9.59 Å². The SMILES string of the molecule is C=C[C@H](OC(=O)OC)[C@@H](CC(C)C)NC(=O)OC(C)(C)C. The van der Waals surface area contributed by atoms with E-state index in [0.717, 1.165) is 0 Å². The fourth-order valence-corrected chi connectivity index (χ4v) is 1.70. The third kappa shape index (κ3) is 8.94. The highest BCUT2D eigenvalue weighted by atomic mass is 16.7. The molecule has 0 saturated carbocycles. The van der Waals surface area contributed by atoms with E-state index in [1.165, 1.54) is 13.2 Å². The molecule has 0 spiro atoms. The lowest BCUT2D eigenvalue weighted by Gasteiger charge is -2.28. The van der Waals surface area contributed by atoms with E-state index < -0.39 is 30.0 Å². The smallest absolute Gasteiger partial charge is 0.444 e. The summed E-state index contributed by atoms with van der Waals surface area (Å²) in [5, 5.41) is 2.72. The van der Waals surface area contributed by atoms with Gasteiger partial charge in [-0.05, 0) is 39.2 Å². The number of amides is 1. The first-order chi connectivity index (χ1) is 9.58. The summed E-state index contributed by atoms with van der Waals surface area (Å²) in [4.78, 5) is 23.1. The van der Waals surface area contributed by atoms with Crippen LogP contribution >= 0.6 is 0 Å². The van der Waals surface area contributed by atoms with Gasteiger partial charge in [0.25, 0.3) is 0 Å². The number of carbonyl (C=O) groups is 2.